The SMILES string of the molecule is FC(F)(F)c1nc2ccccc2nc1N1CCN(CCOc2ccc(Cl)cc2)CC1. The minimum Gasteiger partial charge on any atom is -0.492 e. The van der Waals surface area contributed by atoms with Crippen LogP contribution in [-0.2, 0) is 6.18 Å². The Hall–Kier alpha value is -2.58. The number of aromatic nitrogens is 2. The van der Waals surface area contributed by atoms with Gasteiger partial charge in [-0.3, -0.25) is 4.90 Å². The molecule has 0 aliphatic carbocycles. The Labute approximate surface area is 177 Å². The number of nitrogens with zero attached hydrogens (tertiary/aromatic N) is 4. The van der Waals surface area contributed by atoms with Gasteiger partial charge in [-0.25, -0.2) is 9.97 Å². The summed E-state index contributed by atoms with van der Waals surface area (Å²) in [5.74, 6) is 0.637. The van der Waals surface area contributed by atoms with Gasteiger partial charge in [0.05, 0.1) is 11.0 Å². The number of anilines is 1. The lowest BCUT2D eigenvalue weighted by Crippen LogP contribution is -2.48. The molecule has 0 atom stereocenters. The molecule has 1 aliphatic rings. The molecule has 1 saturated heterocycles. The van der Waals surface area contributed by atoms with Crippen LogP contribution in [0.1, 0.15) is 5.69 Å². The lowest BCUT2D eigenvalue weighted by molar-refractivity contribution is -0.140. The highest BCUT2D eigenvalue weighted by Gasteiger charge is 2.39. The summed E-state index contributed by atoms with van der Waals surface area (Å²) < 4.78 is 46.5. The molecule has 0 amide bonds. The van der Waals surface area contributed by atoms with Crippen molar-refractivity contribution in [1.82, 2.24) is 14.9 Å². The largest absolute Gasteiger partial charge is 0.492 e. The van der Waals surface area contributed by atoms with Crippen LogP contribution < -0.4 is 9.64 Å². The molecule has 2 aromatic carbocycles. The third-order valence-electron chi connectivity index (χ3n) is 4.98. The third-order valence-corrected chi connectivity index (χ3v) is 5.23. The van der Waals surface area contributed by atoms with Gasteiger partial charge in [-0.05, 0) is 36.4 Å². The van der Waals surface area contributed by atoms with Gasteiger partial charge in [-0.15, -0.1) is 0 Å². The van der Waals surface area contributed by atoms with Crippen LogP contribution in [0.2, 0.25) is 5.02 Å². The second-order valence-electron chi connectivity index (χ2n) is 7.01. The Balaban J connectivity index is 1.40. The number of hydrogen-bond acceptors (Lipinski definition) is 5. The number of halogens is 4. The Morgan fingerprint density at radius 2 is 1.53 bits per heavy atom. The average molecular weight is 437 g/mol. The summed E-state index contributed by atoms with van der Waals surface area (Å²) in [6.45, 7) is 3.30. The van der Waals surface area contributed by atoms with E-state index in [0.717, 1.165) is 5.75 Å². The highest BCUT2D eigenvalue weighted by molar-refractivity contribution is 6.30. The first-order chi connectivity index (χ1) is 14.4. The van der Waals surface area contributed by atoms with E-state index >= 15 is 0 Å². The van der Waals surface area contributed by atoms with Gasteiger partial charge in [0, 0.05) is 37.7 Å². The maximum atomic E-state index is 13.6. The molecule has 0 unspecified atom stereocenters. The number of rotatable bonds is 5. The maximum Gasteiger partial charge on any atom is 0.437 e. The molecule has 0 bridgehead atoms. The molecular weight excluding hydrogens is 417 g/mol. The van der Waals surface area contributed by atoms with E-state index in [-0.39, 0.29) is 11.3 Å². The molecule has 3 aromatic rings. The molecule has 0 spiro atoms. The molecule has 5 nitrogen and oxygen atoms in total. The first-order valence-electron chi connectivity index (χ1n) is 9.60. The van der Waals surface area contributed by atoms with Crippen LogP contribution >= 0.6 is 11.6 Å². The van der Waals surface area contributed by atoms with Crippen LogP contribution in [-0.4, -0.2) is 54.2 Å². The Kier molecular flexibility index (Phi) is 5.97. The molecule has 9 heteroatoms. The van der Waals surface area contributed by atoms with Crippen LogP contribution in [0.4, 0.5) is 19.0 Å². The Bertz CT molecular complexity index is 1010. The third kappa shape index (κ3) is 4.76. The quantitative estimate of drug-likeness (QED) is 0.589. The number of piperazine rings is 1. The van der Waals surface area contributed by atoms with E-state index in [1.165, 1.54) is 0 Å². The standard InChI is InChI=1S/C21H20ClF3N4O/c22-15-5-7-16(8-6-15)30-14-13-28-9-11-29(12-10-28)20-19(21(23,24)25)26-17-3-1-2-4-18(17)27-20/h1-8H,9-14H2. The summed E-state index contributed by atoms with van der Waals surface area (Å²) in [5, 5.41) is 0.647. The fraction of sp³-hybridized carbons (Fsp3) is 0.333. The predicted octanol–water partition coefficient (Wildman–Crippen LogP) is 4.50. The molecule has 0 saturated carbocycles. The van der Waals surface area contributed by atoms with Crippen LogP contribution in [0.15, 0.2) is 48.5 Å². The van der Waals surface area contributed by atoms with Gasteiger partial charge in [0.25, 0.3) is 0 Å². The molecule has 0 radical (unpaired) electrons. The summed E-state index contributed by atoms with van der Waals surface area (Å²) >= 11 is 5.85. The summed E-state index contributed by atoms with van der Waals surface area (Å²) in [6.07, 6.45) is -4.56. The normalized spacial score (nSPS) is 15.5. The number of para-hydroxylation sites is 2. The van der Waals surface area contributed by atoms with E-state index in [4.69, 9.17) is 16.3 Å². The van der Waals surface area contributed by atoms with Gasteiger partial charge in [0.1, 0.15) is 12.4 Å². The second kappa shape index (κ2) is 8.65. The van der Waals surface area contributed by atoms with Crippen molar-refractivity contribution in [2.45, 2.75) is 6.18 Å². The number of ether oxygens (including phenoxy) is 1. The molecule has 4 rings (SSSR count). The van der Waals surface area contributed by atoms with Crippen molar-refractivity contribution in [3.05, 3.63) is 59.2 Å². The van der Waals surface area contributed by atoms with Crippen molar-refractivity contribution in [3.63, 3.8) is 0 Å². The van der Waals surface area contributed by atoms with Crippen molar-refractivity contribution < 1.29 is 17.9 Å². The fourth-order valence-electron chi connectivity index (χ4n) is 3.41. The first-order valence-corrected chi connectivity index (χ1v) is 9.97. The molecule has 30 heavy (non-hydrogen) atoms. The number of hydrogen-bond donors (Lipinski definition) is 0. The van der Waals surface area contributed by atoms with E-state index in [1.807, 2.05) is 0 Å². The summed E-state index contributed by atoms with van der Waals surface area (Å²) in [6, 6.07) is 13.7. The van der Waals surface area contributed by atoms with Gasteiger partial charge < -0.3 is 9.64 Å². The minimum atomic E-state index is -4.56. The van der Waals surface area contributed by atoms with E-state index in [9.17, 15) is 13.2 Å². The summed E-state index contributed by atoms with van der Waals surface area (Å²) in [5.41, 5.74) is -0.230. The molecule has 158 valence electrons. The molecule has 1 aliphatic heterocycles. The number of alkyl halides is 3. The van der Waals surface area contributed by atoms with Crippen molar-refractivity contribution in [1.29, 1.82) is 0 Å². The van der Waals surface area contributed by atoms with E-state index in [2.05, 4.69) is 14.9 Å². The molecule has 1 fully saturated rings. The van der Waals surface area contributed by atoms with Crippen molar-refractivity contribution in [2.24, 2.45) is 0 Å². The van der Waals surface area contributed by atoms with Crippen LogP contribution in [0, 0.1) is 0 Å². The Morgan fingerprint density at radius 3 is 2.17 bits per heavy atom. The molecule has 1 aromatic heterocycles. The van der Waals surface area contributed by atoms with E-state index < -0.39 is 11.9 Å². The van der Waals surface area contributed by atoms with Gasteiger partial charge in [-0.2, -0.15) is 13.2 Å². The van der Waals surface area contributed by atoms with Crippen LogP contribution in [0.3, 0.4) is 0 Å². The number of fused-ring (bicyclic) bond motifs is 1. The maximum absolute atomic E-state index is 13.6. The second-order valence-corrected chi connectivity index (χ2v) is 7.45. The van der Waals surface area contributed by atoms with E-state index in [0.29, 0.717) is 49.9 Å². The average Bonchev–Trinajstić information content (AvgIpc) is 2.74. The lowest BCUT2D eigenvalue weighted by Gasteiger charge is -2.36. The fourth-order valence-corrected chi connectivity index (χ4v) is 3.53. The van der Waals surface area contributed by atoms with Crippen molar-refractivity contribution in [3.8, 4) is 5.75 Å². The van der Waals surface area contributed by atoms with Gasteiger partial charge >= 0.3 is 6.18 Å². The predicted molar refractivity (Wildman–Crippen MR) is 110 cm³/mol. The van der Waals surface area contributed by atoms with Crippen LogP contribution in [0.25, 0.3) is 11.0 Å². The van der Waals surface area contributed by atoms with Crippen molar-refractivity contribution >= 4 is 28.5 Å². The highest BCUT2D eigenvalue weighted by Crippen LogP contribution is 2.35. The van der Waals surface area contributed by atoms with Gasteiger partial charge in [0.2, 0.25) is 0 Å². The van der Waals surface area contributed by atoms with Crippen molar-refractivity contribution in [2.75, 3.05) is 44.2 Å². The van der Waals surface area contributed by atoms with E-state index in [1.54, 1.807) is 53.4 Å². The zero-order chi connectivity index (χ0) is 21.1. The zero-order valence-electron chi connectivity index (χ0n) is 16.1. The van der Waals surface area contributed by atoms with Crippen LogP contribution in [0.5, 0.6) is 5.75 Å². The summed E-state index contributed by atoms with van der Waals surface area (Å²) in [7, 11) is 0. The van der Waals surface area contributed by atoms with Gasteiger partial charge in [0.15, 0.2) is 11.5 Å². The lowest BCUT2D eigenvalue weighted by atomic mass is 10.2. The first kappa shape index (κ1) is 20.7. The smallest absolute Gasteiger partial charge is 0.437 e. The Morgan fingerprint density at radius 1 is 0.900 bits per heavy atom. The highest BCUT2D eigenvalue weighted by atomic mass is 35.5. The zero-order valence-corrected chi connectivity index (χ0v) is 16.8. The summed E-state index contributed by atoms with van der Waals surface area (Å²) in [4.78, 5) is 12.0. The monoisotopic (exact) mass is 436 g/mol. The van der Waals surface area contributed by atoms with Gasteiger partial charge in [-0.1, -0.05) is 23.7 Å². The molecule has 2 heterocycles. The molecular formula is C21H20ClF3N4O. The minimum absolute atomic E-state index is 0.0988. The molecule has 0 N–H and O–H groups in total. The number of benzene rings is 2. The topological polar surface area (TPSA) is 41.5 Å².